The second kappa shape index (κ2) is 6.72. The molecule has 1 atom stereocenters. The van der Waals surface area contributed by atoms with Crippen LogP contribution in [0, 0.1) is 11.7 Å². The fraction of sp³-hybridized carbons (Fsp3) is 0.500. The molecule has 6 nitrogen and oxygen atoms in total. The zero-order valence-corrected chi connectivity index (χ0v) is 13.4. The number of nitrogens with one attached hydrogen (secondary N) is 1. The Bertz CT molecular complexity index is 650. The Morgan fingerprint density at radius 2 is 2.05 bits per heavy atom. The minimum absolute atomic E-state index is 0.0862. The zero-order chi connectivity index (χ0) is 16.3. The van der Waals surface area contributed by atoms with Crippen LogP contribution in [0.2, 0.25) is 0 Å². The number of amides is 1. The fourth-order valence-corrected chi connectivity index (χ4v) is 4.02. The van der Waals surface area contributed by atoms with Crippen molar-refractivity contribution >= 4 is 15.9 Å². The Labute approximate surface area is 130 Å². The van der Waals surface area contributed by atoms with Gasteiger partial charge in [0.25, 0.3) is 0 Å². The van der Waals surface area contributed by atoms with E-state index in [1.807, 2.05) is 11.9 Å². The van der Waals surface area contributed by atoms with Crippen LogP contribution >= 0.6 is 0 Å². The van der Waals surface area contributed by atoms with Gasteiger partial charge in [0.05, 0.1) is 10.8 Å². The van der Waals surface area contributed by atoms with Crippen LogP contribution in [-0.4, -0.2) is 63.8 Å². The third-order valence-electron chi connectivity index (χ3n) is 3.74. The highest BCUT2D eigenvalue weighted by Crippen LogP contribution is 2.20. The lowest BCUT2D eigenvalue weighted by atomic mass is 10.1. The Kier molecular flexibility index (Phi) is 5.15. The lowest BCUT2D eigenvalue weighted by molar-refractivity contribution is -0.124. The lowest BCUT2D eigenvalue weighted by Crippen LogP contribution is -2.41. The Balaban J connectivity index is 2.31. The molecule has 0 bridgehead atoms. The second-order valence-electron chi connectivity index (χ2n) is 5.39. The van der Waals surface area contributed by atoms with Crippen LogP contribution in [0.5, 0.6) is 0 Å². The number of sulfonamides is 1. The summed E-state index contributed by atoms with van der Waals surface area (Å²) in [5.41, 5.74) is 0. The molecule has 1 saturated heterocycles. The number of benzene rings is 1. The number of nitrogens with zero attached hydrogens (tertiary/aromatic N) is 2. The van der Waals surface area contributed by atoms with Gasteiger partial charge in [-0.05, 0) is 25.2 Å². The van der Waals surface area contributed by atoms with E-state index in [0.717, 1.165) is 6.07 Å². The number of rotatable bonds is 3. The van der Waals surface area contributed by atoms with E-state index in [9.17, 15) is 17.6 Å². The molecule has 1 aromatic carbocycles. The molecule has 1 N–H and O–H groups in total. The van der Waals surface area contributed by atoms with Gasteiger partial charge in [-0.15, -0.1) is 0 Å². The van der Waals surface area contributed by atoms with Gasteiger partial charge in [-0.2, -0.15) is 4.31 Å². The quantitative estimate of drug-likeness (QED) is 0.855. The summed E-state index contributed by atoms with van der Waals surface area (Å²) in [6, 6.07) is 4.92. The molecule has 22 heavy (non-hydrogen) atoms. The SMILES string of the molecule is CNC(=O)[C@@H]1CN(C)CCN(S(=O)(=O)c2cccc(F)c2)C1. The Morgan fingerprint density at radius 1 is 1.32 bits per heavy atom. The third-order valence-corrected chi connectivity index (χ3v) is 5.60. The van der Waals surface area contributed by atoms with Crippen LogP contribution in [0.15, 0.2) is 29.2 Å². The van der Waals surface area contributed by atoms with Crippen molar-refractivity contribution in [3.05, 3.63) is 30.1 Å². The van der Waals surface area contributed by atoms with Crippen LogP contribution in [0.25, 0.3) is 0 Å². The van der Waals surface area contributed by atoms with Gasteiger partial charge in [-0.25, -0.2) is 12.8 Å². The zero-order valence-electron chi connectivity index (χ0n) is 12.6. The van der Waals surface area contributed by atoms with Crippen molar-refractivity contribution < 1.29 is 17.6 Å². The standard InChI is InChI=1S/C14H20FN3O3S/c1-16-14(19)11-9-17(2)6-7-18(10-11)22(20,21)13-5-3-4-12(15)8-13/h3-5,8,11H,6-7,9-10H2,1-2H3,(H,16,19)/t11-/m1/s1. The van der Waals surface area contributed by atoms with E-state index in [0.29, 0.717) is 13.1 Å². The number of carbonyl (C=O) groups is 1. The van der Waals surface area contributed by atoms with Gasteiger partial charge in [0.2, 0.25) is 15.9 Å². The fourth-order valence-electron chi connectivity index (χ4n) is 2.51. The van der Waals surface area contributed by atoms with Crippen LogP contribution in [0.4, 0.5) is 4.39 Å². The molecule has 2 rings (SSSR count). The summed E-state index contributed by atoms with van der Waals surface area (Å²) in [7, 11) is -0.451. The Morgan fingerprint density at radius 3 is 2.68 bits per heavy atom. The number of halogens is 1. The topological polar surface area (TPSA) is 69.7 Å². The summed E-state index contributed by atoms with van der Waals surface area (Å²) >= 11 is 0. The summed E-state index contributed by atoms with van der Waals surface area (Å²) in [4.78, 5) is 13.7. The van der Waals surface area contributed by atoms with E-state index in [1.54, 1.807) is 0 Å². The highest BCUT2D eigenvalue weighted by molar-refractivity contribution is 7.89. The van der Waals surface area contributed by atoms with Crippen molar-refractivity contribution in [2.75, 3.05) is 40.3 Å². The molecule has 0 saturated carbocycles. The highest BCUT2D eigenvalue weighted by Gasteiger charge is 2.33. The van der Waals surface area contributed by atoms with Crippen molar-refractivity contribution in [1.29, 1.82) is 0 Å². The summed E-state index contributed by atoms with van der Waals surface area (Å²) in [6.07, 6.45) is 0. The molecule has 0 spiro atoms. The number of hydrogen-bond donors (Lipinski definition) is 1. The van der Waals surface area contributed by atoms with Gasteiger partial charge in [-0.3, -0.25) is 4.79 Å². The molecule has 1 aromatic rings. The van der Waals surface area contributed by atoms with Gasteiger partial charge >= 0.3 is 0 Å². The number of hydrogen-bond acceptors (Lipinski definition) is 4. The molecule has 8 heteroatoms. The van der Waals surface area contributed by atoms with E-state index in [2.05, 4.69) is 5.32 Å². The average Bonchev–Trinajstić information content (AvgIpc) is 2.68. The van der Waals surface area contributed by atoms with Crippen molar-refractivity contribution in [3.63, 3.8) is 0 Å². The maximum Gasteiger partial charge on any atom is 0.243 e. The lowest BCUT2D eigenvalue weighted by Gasteiger charge is -2.22. The molecule has 0 radical (unpaired) electrons. The summed E-state index contributed by atoms with van der Waals surface area (Å²) in [5, 5.41) is 2.56. The minimum Gasteiger partial charge on any atom is -0.359 e. The summed E-state index contributed by atoms with van der Waals surface area (Å²) in [5.74, 6) is -1.26. The van der Waals surface area contributed by atoms with Gasteiger partial charge in [-0.1, -0.05) is 6.07 Å². The molecule has 1 amide bonds. The molecule has 0 unspecified atom stereocenters. The van der Waals surface area contributed by atoms with E-state index < -0.39 is 21.8 Å². The largest absolute Gasteiger partial charge is 0.359 e. The average molecular weight is 329 g/mol. The first-order valence-electron chi connectivity index (χ1n) is 7.00. The molecule has 1 fully saturated rings. The third kappa shape index (κ3) is 3.63. The van der Waals surface area contributed by atoms with E-state index in [-0.39, 0.29) is 23.9 Å². The monoisotopic (exact) mass is 329 g/mol. The van der Waals surface area contributed by atoms with Gasteiger partial charge < -0.3 is 10.2 Å². The normalized spacial score (nSPS) is 21.3. The van der Waals surface area contributed by atoms with Crippen molar-refractivity contribution in [3.8, 4) is 0 Å². The van der Waals surface area contributed by atoms with E-state index in [1.165, 1.54) is 29.6 Å². The van der Waals surface area contributed by atoms with E-state index in [4.69, 9.17) is 0 Å². The molecule has 1 aliphatic heterocycles. The molecular formula is C14H20FN3O3S. The highest BCUT2D eigenvalue weighted by atomic mass is 32.2. The van der Waals surface area contributed by atoms with Crippen LogP contribution in [-0.2, 0) is 14.8 Å². The van der Waals surface area contributed by atoms with Crippen LogP contribution in [0.1, 0.15) is 0 Å². The maximum absolute atomic E-state index is 13.3. The predicted octanol–water partition coefficient (Wildman–Crippen LogP) is 0.124. The molecule has 122 valence electrons. The van der Waals surface area contributed by atoms with E-state index >= 15 is 0 Å². The van der Waals surface area contributed by atoms with Gasteiger partial charge in [0.15, 0.2) is 0 Å². The molecule has 0 aliphatic carbocycles. The predicted molar refractivity (Wildman–Crippen MR) is 80.2 cm³/mol. The molecule has 1 aliphatic rings. The number of likely N-dealkylation sites (N-methyl/N-ethyl adjacent to an activating group) is 1. The van der Waals surface area contributed by atoms with Gasteiger partial charge in [0, 0.05) is 33.2 Å². The number of carbonyl (C=O) groups excluding carboxylic acids is 1. The van der Waals surface area contributed by atoms with Crippen molar-refractivity contribution in [2.45, 2.75) is 4.90 Å². The smallest absolute Gasteiger partial charge is 0.243 e. The first-order valence-corrected chi connectivity index (χ1v) is 8.44. The second-order valence-corrected chi connectivity index (χ2v) is 7.33. The first-order chi connectivity index (χ1) is 10.3. The van der Waals surface area contributed by atoms with Crippen molar-refractivity contribution in [1.82, 2.24) is 14.5 Å². The van der Waals surface area contributed by atoms with Crippen molar-refractivity contribution in [2.24, 2.45) is 5.92 Å². The molecule has 0 aromatic heterocycles. The van der Waals surface area contributed by atoms with Gasteiger partial charge in [0.1, 0.15) is 5.82 Å². The van der Waals surface area contributed by atoms with Crippen LogP contribution in [0.3, 0.4) is 0 Å². The molecule has 1 heterocycles. The minimum atomic E-state index is -3.82. The molecular weight excluding hydrogens is 309 g/mol. The van der Waals surface area contributed by atoms with Crippen LogP contribution < -0.4 is 5.32 Å². The maximum atomic E-state index is 13.3. The first kappa shape index (κ1) is 16.9. The Hall–Kier alpha value is -1.51. The summed E-state index contributed by atoms with van der Waals surface area (Å²) in [6.45, 7) is 1.35. The summed E-state index contributed by atoms with van der Waals surface area (Å²) < 4.78 is 39.9.